The molecule has 2 aromatic rings. The zero-order valence-corrected chi connectivity index (χ0v) is 12.8. The Kier molecular flexibility index (Phi) is 3.77. The van der Waals surface area contributed by atoms with E-state index in [1.54, 1.807) is 7.11 Å². The lowest BCUT2D eigenvalue weighted by atomic mass is 9.89. The van der Waals surface area contributed by atoms with Crippen LogP contribution in [0.3, 0.4) is 0 Å². The van der Waals surface area contributed by atoms with Crippen molar-refractivity contribution in [2.24, 2.45) is 0 Å². The van der Waals surface area contributed by atoms with Gasteiger partial charge in [0.15, 0.2) is 11.5 Å². The van der Waals surface area contributed by atoms with E-state index in [0.717, 1.165) is 23.3 Å². The molecule has 0 saturated heterocycles. The molecule has 1 amide bonds. The average molecular weight is 316 g/mol. The number of carbonyl (C=O) groups is 2. The van der Waals surface area contributed by atoms with Crippen molar-refractivity contribution in [2.45, 2.75) is 25.8 Å². The van der Waals surface area contributed by atoms with E-state index in [-0.39, 0.29) is 5.69 Å². The van der Waals surface area contributed by atoms with Crippen LogP contribution in [0.15, 0.2) is 22.7 Å². The van der Waals surface area contributed by atoms with E-state index in [4.69, 9.17) is 14.4 Å². The summed E-state index contributed by atoms with van der Waals surface area (Å²) in [6, 6.07) is 4.64. The molecule has 1 aromatic carbocycles. The van der Waals surface area contributed by atoms with Gasteiger partial charge in [-0.2, -0.15) is 0 Å². The lowest BCUT2D eigenvalue weighted by Crippen LogP contribution is -2.38. The summed E-state index contributed by atoms with van der Waals surface area (Å²) in [5.74, 6) is -0.322. The Morgan fingerprint density at radius 1 is 1.39 bits per heavy atom. The molecule has 1 heterocycles. The summed E-state index contributed by atoms with van der Waals surface area (Å²) in [4.78, 5) is 23.0. The first-order chi connectivity index (χ1) is 11.0. The lowest BCUT2D eigenvalue weighted by Gasteiger charge is -2.16. The topological polar surface area (TPSA) is 102 Å². The van der Waals surface area contributed by atoms with Crippen molar-refractivity contribution in [3.05, 3.63) is 35.0 Å². The molecule has 0 fully saturated rings. The zero-order chi connectivity index (χ0) is 16.6. The second-order valence-electron chi connectivity index (χ2n) is 5.40. The fourth-order valence-corrected chi connectivity index (χ4v) is 2.64. The van der Waals surface area contributed by atoms with Crippen molar-refractivity contribution < 1.29 is 24.0 Å². The van der Waals surface area contributed by atoms with Gasteiger partial charge in [-0.1, -0.05) is 5.16 Å². The second kappa shape index (κ2) is 5.75. The number of amides is 1. The SMILES string of the molecule is COc1ccc2c(c1)CCc1c(C(=O)N[C@@H](C)C(=O)O)noc1-2. The van der Waals surface area contributed by atoms with Crippen LogP contribution < -0.4 is 10.1 Å². The highest BCUT2D eigenvalue weighted by Gasteiger charge is 2.29. The Morgan fingerprint density at radius 2 is 2.17 bits per heavy atom. The molecule has 0 saturated carbocycles. The molecule has 0 bridgehead atoms. The molecule has 2 N–H and O–H groups in total. The van der Waals surface area contributed by atoms with Crippen LogP contribution in [0.4, 0.5) is 0 Å². The number of fused-ring (bicyclic) bond motifs is 3. The highest BCUT2D eigenvalue weighted by atomic mass is 16.5. The summed E-state index contributed by atoms with van der Waals surface area (Å²) in [6.07, 6.45) is 1.33. The molecule has 0 aliphatic heterocycles. The largest absolute Gasteiger partial charge is 0.497 e. The number of benzene rings is 1. The van der Waals surface area contributed by atoms with E-state index < -0.39 is 17.9 Å². The minimum Gasteiger partial charge on any atom is -0.497 e. The molecule has 0 radical (unpaired) electrons. The fraction of sp³-hybridized carbons (Fsp3) is 0.312. The molecular formula is C16H16N2O5. The number of hydrogen-bond donors (Lipinski definition) is 2. The lowest BCUT2D eigenvalue weighted by molar-refractivity contribution is -0.138. The van der Waals surface area contributed by atoms with Gasteiger partial charge in [0.25, 0.3) is 5.91 Å². The monoisotopic (exact) mass is 316 g/mol. The number of carbonyl (C=O) groups excluding carboxylic acids is 1. The van der Waals surface area contributed by atoms with Crippen LogP contribution in [0.5, 0.6) is 5.75 Å². The van der Waals surface area contributed by atoms with Crippen LogP contribution in [0.25, 0.3) is 11.3 Å². The Hall–Kier alpha value is -2.83. The van der Waals surface area contributed by atoms with Gasteiger partial charge in [0.2, 0.25) is 0 Å². The van der Waals surface area contributed by atoms with Gasteiger partial charge in [0, 0.05) is 11.1 Å². The molecular weight excluding hydrogens is 300 g/mol. The van der Waals surface area contributed by atoms with Gasteiger partial charge in [0.05, 0.1) is 7.11 Å². The van der Waals surface area contributed by atoms with E-state index in [0.29, 0.717) is 17.7 Å². The normalized spacial score (nSPS) is 13.7. The summed E-state index contributed by atoms with van der Waals surface area (Å²) in [5, 5.41) is 15.1. The first-order valence-corrected chi connectivity index (χ1v) is 7.20. The number of aliphatic carboxylic acids is 1. The molecule has 3 rings (SSSR count). The summed E-state index contributed by atoms with van der Waals surface area (Å²) in [5.41, 5.74) is 2.80. The maximum atomic E-state index is 12.2. The van der Waals surface area contributed by atoms with Crippen molar-refractivity contribution in [1.29, 1.82) is 0 Å². The molecule has 1 aromatic heterocycles. The number of rotatable bonds is 4. The molecule has 7 heteroatoms. The van der Waals surface area contributed by atoms with E-state index in [9.17, 15) is 9.59 Å². The van der Waals surface area contributed by atoms with Crippen LogP contribution >= 0.6 is 0 Å². The number of nitrogens with zero attached hydrogens (tertiary/aromatic N) is 1. The summed E-state index contributed by atoms with van der Waals surface area (Å²) in [7, 11) is 1.61. The number of carboxylic acids is 1. The first-order valence-electron chi connectivity index (χ1n) is 7.20. The van der Waals surface area contributed by atoms with Crippen molar-refractivity contribution in [2.75, 3.05) is 7.11 Å². The highest BCUT2D eigenvalue weighted by molar-refractivity contribution is 5.97. The van der Waals surface area contributed by atoms with Gasteiger partial charge in [-0.3, -0.25) is 9.59 Å². The van der Waals surface area contributed by atoms with Crippen LogP contribution in [-0.4, -0.2) is 35.3 Å². The van der Waals surface area contributed by atoms with Gasteiger partial charge in [-0.15, -0.1) is 0 Å². The number of hydrogen-bond acceptors (Lipinski definition) is 5. The van der Waals surface area contributed by atoms with E-state index >= 15 is 0 Å². The number of carboxylic acid groups (broad SMARTS) is 1. The Balaban J connectivity index is 1.93. The maximum Gasteiger partial charge on any atom is 0.325 e. The second-order valence-corrected chi connectivity index (χ2v) is 5.40. The molecule has 1 atom stereocenters. The van der Waals surface area contributed by atoms with Gasteiger partial charge in [0.1, 0.15) is 11.8 Å². The Morgan fingerprint density at radius 3 is 2.87 bits per heavy atom. The van der Waals surface area contributed by atoms with E-state index in [2.05, 4.69) is 10.5 Å². The van der Waals surface area contributed by atoms with Crippen molar-refractivity contribution in [3.63, 3.8) is 0 Å². The molecule has 1 aliphatic rings. The first kappa shape index (κ1) is 15.1. The Labute approximate surface area is 132 Å². The third-order valence-electron chi connectivity index (χ3n) is 3.92. The summed E-state index contributed by atoms with van der Waals surface area (Å²) < 4.78 is 10.6. The third-order valence-corrected chi connectivity index (χ3v) is 3.92. The standard InChI is InChI=1S/C16H16N2O5/c1-8(16(20)21)17-15(19)13-12-5-3-9-7-10(22-2)4-6-11(9)14(12)23-18-13/h4,6-8H,3,5H2,1-2H3,(H,17,19)(H,20,21)/t8-/m0/s1. The number of nitrogens with one attached hydrogen (secondary N) is 1. The minimum atomic E-state index is -1.10. The molecule has 0 unspecified atom stereocenters. The number of ether oxygens (including phenoxy) is 1. The predicted molar refractivity (Wildman–Crippen MR) is 80.5 cm³/mol. The molecule has 23 heavy (non-hydrogen) atoms. The number of aromatic nitrogens is 1. The van der Waals surface area contributed by atoms with Gasteiger partial charge >= 0.3 is 5.97 Å². The van der Waals surface area contributed by atoms with Gasteiger partial charge in [-0.25, -0.2) is 0 Å². The van der Waals surface area contributed by atoms with Gasteiger partial charge in [-0.05, 0) is 43.5 Å². The highest BCUT2D eigenvalue weighted by Crippen LogP contribution is 2.36. The average Bonchev–Trinajstić information content (AvgIpc) is 2.98. The zero-order valence-electron chi connectivity index (χ0n) is 12.8. The van der Waals surface area contributed by atoms with Crippen LogP contribution in [0.1, 0.15) is 28.5 Å². The summed E-state index contributed by atoms with van der Waals surface area (Å²) in [6.45, 7) is 1.40. The molecule has 7 nitrogen and oxygen atoms in total. The third kappa shape index (κ3) is 2.65. The van der Waals surface area contributed by atoms with Crippen molar-refractivity contribution in [3.8, 4) is 17.1 Å². The van der Waals surface area contributed by atoms with Gasteiger partial charge < -0.3 is 19.7 Å². The maximum absolute atomic E-state index is 12.2. The predicted octanol–water partition coefficient (Wildman–Crippen LogP) is 1.65. The molecule has 120 valence electrons. The van der Waals surface area contributed by atoms with E-state index in [1.165, 1.54) is 6.92 Å². The van der Waals surface area contributed by atoms with Crippen LogP contribution in [0.2, 0.25) is 0 Å². The van der Waals surface area contributed by atoms with Crippen LogP contribution in [-0.2, 0) is 17.6 Å². The number of methoxy groups -OCH3 is 1. The van der Waals surface area contributed by atoms with Crippen molar-refractivity contribution >= 4 is 11.9 Å². The molecule has 1 aliphatic carbocycles. The number of aryl methyl sites for hydroxylation is 1. The smallest absolute Gasteiger partial charge is 0.325 e. The summed E-state index contributed by atoms with van der Waals surface area (Å²) >= 11 is 0. The fourth-order valence-electron chi connectivity index (χ4n) is 2.64. The van der Waals surface area contributed by atoms with Crippen molar-refractivity contribution in [1.82, 2.24) is 10.5 Å². The van der Waals surface area contributed by atoms with E-state index in [1.807, 2.05) is 18.2 Å². The van der Waals surface area contributed by atoms with Crippen LogP contribution in [0, 0.1) is 0 Å². The minimum absolute atomic E-state index is 0.148. The quantitative estimate of drug-likeness (QED) is 0.889. The molecule has 0 spiro atoms. The Bertz CT molecular complexity index is 781.